The summed E-state index contributed by atoms with van der Waals surface area (Å²) in [5.74, 6) is 0.440. The van der Waals surface area contributed by atoms with Crippen LogP contribution < -0.4 is 0 Å². The van der Waals surface area contributed by atoms with Gasteiger partial charge in [0, 0.05) is 51.1 Å². The Morgan fingerprint density at radius 1 is 1.28 bits per heavy atom. The minimum Gasteiger partial charge on any atom is -0.481 e. The lowest BCUT2D eigenvalue weighted by Crippen LogP contribution is -2.44. The van der Waals surface area contributed by atoms with Crippen LogP contribution in [0.5, 0.6) is 0 Å². The van der Waals surface area contributed by atoms with E-state index in [0.29, 0.717) is 19.6 Å². The van der Waals surface area contributed by atoms with Gasteiger partial charge in [-0.15, -0.1) is 10.2 Å². The third-order valence-corrected chi connectivity index (χ3v) is 6.34. The van der Waals surface area contributed by atoms with Crippen molar-refractivity contribution in [2.24, 2.45) is 17.3 Å². The van der Waals surface area contributed by atoms with E-state index >= 15 is 0 Å². The van der Waals surface area contributed by atoms with Gasteiger partial charge in [0.25, 0.3) is 0 Å². The first-order chi connectivity index (χ1) is 12.0. The molecule has 2 saturated heterocycles. The molecule has 3 fully saturated rings. The number of fused-ring (bicyclic) bond motifs is 1. The van der Waals surface area contributed by atoms with E-state index in [-0.39, 0.29) is 17.7 Å². The summed E-state index contributed by atoms with van der Waals surface area (Å²) in [6.45, 7) is 5.65. The van der Waals surface area contributed by atoms with Crippen LogP contribution in [0.4, 0.5) is 0 Å². The lowest BCUT2D eigenvalue weighted by atomic mass is 9.81. The quantitative estimate of drug-likeness (QED) is 0.820. The van der Waals surface area contributed by atoms with Crippen molar-refractivity contribution >= 4 is 11.9 Å². The molecule has 1 saturated carbocycles. The predicted octanol–water partition coefficient (Wildman–Crippen LogP) is 0.232. The highest BCUT2D eigenvalue weighted by Crippen LogP contribution is 2.44. The molecule has 25 heavy (non-hydrogen) atoms. The zero-order valence-corrected chi connectivity index (χ0v) is 14.6. The monoisotopic (exact) mass is 347 g/mol. The Morgan fingerprint density at radius 3 is 2.64 bits per heavy atom. The van der Waals surface area contributed by atoms with E-state index in [0.717, 1.165) is 44.7 Å². The van der Waals surface area contributed by atoms with Crippen LogP contribution in [0.3, 0.4) is 0 Å². The number of likely N-dealkylation sites (tertiary alicyclic amines) is 2. The first-order valence-corrected chi connectivity index (χ1v) is 9.08. The Hall–Kier alpha value is -1.96. The number of aromatic nitrogens is 3. The van der Waals surface area contributed by atoms with E-state index in [1.165, 1.54) is 0 Å². The molecular formula is C17H25N5O3. The summed E-state index contributed by atoms with van der Waals surface area (Å²) in [4.78, 5) is 28.6. The van der Waals surface area contributed by atoms with Crippen LogP contribution in [0.2, 0.25) is 0 Å². The van der Waals surface area contributed by atoms with Crippen LogP contribution in [0.1, 0.15) is 25.1 Å². The zero-order valence-electron chi connectivity index (χ0n) is 14.6. The second kappa shape index (κ2) is 6.09. The van der Waals surface area contributed by atoms with Crippen molar-refractivity contribution in [1.29, 1.82) is 0 Å². The largest absolute Gasteiger partial charge is 0.481 e. The van der Waals surface area contributed by atoms with E-state index in [9.17, 15) is 14.7 Å². The Labute approximate surface area is 146 Å². The van der Waals surface area contributed by atoms with Gasteiger partial charge in [-0.2, -0.15) is 0 Å². The molecular weight excluding hydrogens is 322 g/mol. The number of aliphatic carboxylic acids is 1. The fraction of sp³-hybridized carbons (Fsp3) is 0.765. The third kappa shape index (κ3) is 2.72. The van der Waals surface area contributed by atoms with Crippen molar-refractivity contribution in [3.8, 4) is 0 Å². The molecule has 1 aromatic rings. The van der Waals surface area contributed by atoms with Gasteiger partial charge in [-0.1, -0.05) is 6.42 Å². The molecule has 1 aliphatic carbocycles. The standard InChI is InChI=1S/C17H25N5O3/c1-12-19-18-11-21(12)6-5-20-7-14-8-22(15(23)13-3-2-4-13)10-17(14,9-20)16(24)25/h11,13-14H,2-10H2,1H3,(H,24,25)/t14-,17-/m1/s1. The predicted molar refractivity (Wildman–Crippen MR) is 88.7 cm³/mol. The second-order valence-corrected chi connectivity index (χ2v) is 7.81. The molecule has 1 aromatic heterocycles. The SMILES string of the molecule is Cc1nncn1CCN1C[C@@H]2CN(C(=O)C3CCC3)C[C@]2(C(=O)O)C1. The molecule has 0 aromatic carbocycles. The average molecular weight is 347 g/mol. The van der Waals surface area contributed by atoms with Crippen molar-refractivity contribution in [2.75, 3.05) is 32.7 Å². The van der Waals surface area contributed by atoms with Gasteiger partial charge in [0.05, 0.1) is 0 Å². The minimum absolute atomic E-state index is 0.0241. The van der Waals surface area contributed by atoms with Crippen molar-refractivity contribution < 1.29 is 14.7 Å². The normalized spacial score (nSPS) is 29.6. The molecule has 136 valence electrons. The molecule has 2 aliphatic heterocycles. The van der Waals surface area contributed by atoms with Crippen molar-refractivity contribution in [2.45, 2.75) is 32.7 Å². The average Bonchev–Trinajstić information content (AvgIpc) is 3.15. The number of carboxylic acid groups (broad SMARTS) is 1. The summed E-state index contributed by atoms with van der Waals surface area (Å²) in [5, 5.41) is 17.8. The van der Waals surface area contributed by atoms with Crippen molar-refractivity contribution in [1.82, 2.24) is 24.6 Å². The van der Waals surface area contributed by atoms with Crippen LogP contribution in [0.15, 0.2) is 6.33 Å². The Morgan fingerprint density at radius 2 is 2.08 bits per heavy atom. The van der Waals surface area contributed by atoms with Crippen LogP contribution in [-0.2, 0) is 16.1 Å². The molecule has 3 heterocycles. The molecule has 1 N–H and O–H groups in total. The fourth-order valence-electron chi connectivity index (χ4n) is 4.50. The number of amides is 1. The smallest absolute Gasteiger partial charge is 0.313 e. The van der Waals surface area contributed by atoms with E-state index in [2.05, 4.69) is 15.1 Å². The summed E-state index contributed by atoms with van der Waals surface area (Å²) < 4.78 is 1.98. The van der Waals surface area contributed by atoms with Crippen molar-refractivity contribution in [3.63, 3.8) is 0 Å². The van der Waals surface area contributed by atoms with Gasteiger partial charge in [0.15, 0.2) is 0 Å². The molecule has 4 rings (SSSR count). The molecule has 8 heteroatoms. The molecule has 0 bridgehead atoms. The zero-order chi connectivity index (χ0) is 17.6. The van der Waals surface area contributed by atoms with Crippen LogP contribution in [-0.4, -0.2) is 74.3 Å². The van der Waals surface area contributed by atoms with Gasteiger partial charge in [0.1, 0.15) is 17.6 Å². The van der Waals surface area contributed by atoms with Crippen LogP contribution in [0, 0.1) is 24.2 Å². The number of carbonyl (C=O) groups is 2. The van der Waals surface area contributed by atoms with Crippen LogP contribution >= 0.6 is 0 Å². The third-order valence-electron chi connectivity index (χ3n) is 6.34. The maximum Gasteiger partial charge on any atom is 0.313 e. The van der Waals surface area contributed by atoms with Gasteiger partial charge in [0.2, 0.25) is 5.91 Å². The maximum absolute atomic E-state index is 12.5. The molecule has 0 spiro atoms. The number of hydrogen-bond acceptors (Lipinski definition) is 5. The second-order valence-electron chi connectivity index (χ2n) is 7.81. The molecule has 8 nitrogen and oxygen atoms in total. The van der Waals surface area contributed by atoms with Gasteiger partial charge in [-0.25, -0.2) is 0 Å². The molecule has 0 unspecified atom stereocenters. The van der Waals surface area contributed by atoms with E-state index in [1.807, 2.05) is 16.4 Å². The molecule has 0 radical (unpaired) electrons. The molecule has 1 amide bonds. The first kappa shape index (κ1) is 16.5. The number of carboxylic acids is 1. The maximum atomic E-state index is 12.5. The highest BCUT2D eigenvalue weighted by atomic mass is 16.4. The topological polar surface area (TPSA) is 91.6 Å². The Balaban J connectivity index is 1.41. The summed E-state index contributed by atoms with van der Waals surface area (Å²) in [7, 11) is 0. The van der Waals surface area contributed by atoms with Gasteiger partial charge in [-0.05, 0) is 19.8 Å². The minimum atomic E-state index is -0.804. The molecule has 3 aliphatic rings. The number of rotatable bonds is 5. The summed E-state index contributed by atoms with van der Waals surface area (Å²) in [6, 6.07) is 0. The highest BCUT2D eigenvalue weighted by molar-refractivity contribution is 5.83. The summed E-state index contributed by atoms with van der Waals surface area (Å²) in [6.07, 6.45) is 4.75. The van der Waals surface area contributed by atoms with E-state index < -0.39 is 11.4 Å². The summed E-state index contributed by atoms with van der Waals surface area (Å²) in [5.41, 5.74) is -0.804. The number of hydrogen-bond donors (Lipinski definition) is 1. The number of carbonyl (C=O) groups excluding carboxylic acids is 1. The fourth-order valence-corrected chi connectivity index (χ4v) is 4.50. The van der Waals surface area contributed by atoms with Crippen LogP contribution in [0.25, 0.3) is 0 Å². The van der Waals surface area contributed by atoms with Gasteiger partial charge < -0.3 is 14.6 Å². The number of nitrogens with zero attached hydrogens (tertiary/aromatic N) is 5. The lowest BCUT2D eigenvalue weighted by molar-refractivity contribution is -0.149. The van der Waals surface area contributed by atoms with E-state index in [4.69, 9.17) is 0 Å². The Bertz CT molecular complexity index is 686. The number of aryl methyl sites for hydroxylation is 1. The molecule has 2 atom stereocenters. The lowest BCUT2D eigenvalue weighted by Gasteiger charge is -2.31. The summed E-state index contributed by atoms with van der Waals surface area (Å²) >= 11 is 0. The van der Waals surface area contributed by atoms with Gasteiger partial charge >= 0.3 is 5.97 Å². The highest BCUT2D eigenvalue weighted by Gasteiger charge is 2.58. The van der Waals surface area contributed by atoms with Gasteiger partial charge in [-0.3, -0.25) is 14.5 Å². The first-order valence-electron chi connectivity index (χ1n) is 9.08. The van der Waals surface area contributed by atoms with Crippen molar-refractivity contribution in [3.05, 3.63) is 12.2 Å². The Kier molecular flexibility index (Phi) is 4.02. The van der Waals surface area contributed by atoms with E-state index in [1.54, 1.807) is 6.33 Å².